The van der Waals surface area contributed by atoms with Crippen LogP contribution in [0.5, 0.6) is 0 Å². The molecule has 1 aromatic heterocycles. The molecule has 0 fully saturated rings. The van der Waals surface area contributed by atoms with Gasteiger partial charge in [0, 0.05) is 12.2 Å². The third-order valence-corrected chi connectivity index (χ3v) is 1.36. The van der Waals surface area contributed by atoms with Crippen molar-refractivity contribution in [1.29, 1.82) is 0 Å². The largest absolute Gasteiger partial charge is 0.321 e. The van der Waals surface area contributed by atoms with Crippen LogP contribution in [0, 0.1) is 5.82 Å². The van der Waals surface area contributed by atoms with E-state index in [-0.39, 0.29) is 11.9 Å². The Bertz CT molecular complexity index is 260. The van der Waals surface area contributed by atoms with Gasteiger partial charge in [0.1, 0.15) is 5.82 Å². The number of pyridine rings is 1. The molecule has 0 aliphatic heterocycles. The molecule has 11 heavy (non-hydrogen) atoms. The summed E-state index contributed by atoms with van der Waals surface area (Å²) >= 11 is 0. The van der Waals surface area contributed by atoms with Crippen molar-refractivity contribution in [3.8, 4) is 0 Å². The minimum atomic E-state index is -0.375. The average molecular weight is 152 g/mol. The predicted molar refractivity (Wildman–Crippen MR) is 41.3 cm³/mol. The van der Waals surface area contributed by atoms with E-state index in [0.29, 0.717) is 5.56 Å². The van der Waals surface area contributed by atoms with Gasteiger partial charge in [-0.15, -0.1) is 6.58 Å². The van der Waals surface area contributed by atoms with Crippen molar-refractivity contribution in [1.82, 2.24) is 4.98 Å². The maximum absolute atomic E-state index is 12.5. The van der Waals surface area contributed by atoms with E-state index in [9.17, 15) is 4.39 Å². The van der Waals surface area contributed by atoms with Gasteiger partial charge in [-0.05, 0) is 11.6 Å². The molecule has 0 bridgehead atoms. The summed E-state index contributed by atoms with van der Waals surface area (Å²) in [5.41, 5.74) is 6.18. The van der Waals surface area contributed by atoms with Crippen LogP contribution in [0.25, 0.3) is 0 Å². The molecule has 2 nitrogen and oxygen atoms in total. The Morgan fingerprint density at radius 1 is 1.64 bits per heavy atom. The Hall–Kier alpha value is -1.22. The summed E-state index contributed by atoms with van der Waals surface area (Å²) in [5.74, 6) is -0.375. The first kappa shape index (κ1) is 7.88. The second-order valence-electron chi connectivity index (χ2n) is 2.20. The van der Waals surface area contributed by atoms with E-state index in [1.165, 1.54) is 18.3 Å². The second-order valence-corrected chi connectivity index (χ2v) is 2.20. The zero-order valence-electron chi connectivity index (χ0n) is 6.00. The quantitative estimate of drug-likeness (QED) is 0.650. The van der Waals surface area contributed by atoms with E-state index in [1.54, 1.807) is 0 Å². The number of rotatable bonds is 2. The molecule has 2 N–H and O–H groups in total. The minimum absolute atomic E-state index is 0.335. The Kier molecular flexibility index (Phi) is 2.33. The van der Waals surface area contributed by atoms with E-state index in [0.717, 1.165) is 6.20 Å². The van der Waals surface area contributed by atoms with Crippen molar-refractivity contribution >= 4 is 0 Å². The molecule has 1 rings (SSSR count). The van der Waals surface area contributed by atoms with E-state index < -0.39 is 0 Å². The molecular formula is C8H9FN2. The van der Waals surface area contributed by atoms with Gasteiger partial charge in [0.15, 0.2) is 0 Å². The fourth-order valence-corrected chi connectivity index (χ4v) is 0.747. The molecule has 0 radical (unpaired) electrons. The van der Waals surface area contributed by atoms with Crippen molar-refractivity contribution in [3.63, 3.8) is 0 Å². The summed E-state index contributed by atoms with van der Waals surface area (Å²) in [6.07, 6.45) is 4.20. The number of hydrogen-bond acceptors (Lipinski definition) is 2. The molecule has 58 valence electrons. The monoisotopic (exact) mass is 152 g/mol. The summed E-state index contributed by atoms with van der Waals surface area (Å²) in [5, 5.41) is 0. The maximum atomic E-state index is 12.5. The van der Waals surface area contributed by atoms with Crippen molar-refractivity contribution in [2.75, 3.05) is 0 Å². The number of aromatic nitrogens is 1. The smallest absolute Gasteiger partial charge is 0.141 e. The normalized spacial score (nSPS) is 12.5. The Morgan fingerprint density at radius 2 is 2.36 bits per heavy atom. The van der Waals surface area contributed by atoms with Gasteiger partial charge in [0.05, 0.1) is 6.20 Å². The summed E-state index contributed by atoms with van der Waals surface area (Å²) in [7, 11) is 0. The van der Waals surface area contributed by atoms with E-state index >= 15 is 0 Å². The molecule has 0 spiro atoms. The second kappa shape index (κ2) is 3.25. The fourth-order valence-electron chi connectivity index (χ4n) is 0.747. The fraction of sp³-hybridized carbons (Fsp3) is 0.125. The van der Waals surface area contributed by atoms with Crippen molar-refractivity contribution in [2.45, 2.75) is 6.04 Å². The highest BCUT2D eigenvalue weighted by Gasteiger charge is 2.01. The first-order valence-corrected chi connectivity index (χ1v) is 3.22. The summed E-state index contributed by atoms with van der Waals surface area (Å²) in [4.78, 5) is 3.65. The first-order valence-electron chi connectivity index (χ1n) is 3.22. The number of halogens is 1. The van der Waals surface area contributed by atoms with Gasteiger partial charge in [-0.3, -0.25) is 4.98 Å². The van der Waals surface area contributed by atoms with Crippen molar-refractivity contribution in [3.05, 3.63) is 42.5 Å². The van der Waals surface area contributed by atoms with Crippen LogP contribution in [0.2, 0.25) is 0 Å². The Balaban J connectivity index is 2.95. The van der Waals surface area contributed by atoms with Gasteiger partial charge in [-0.25, -0.2) is 4.39 Å². The van der Waals surface area contributed by atoms with Gasteiger partial charge in [-0.1, -0.05) is 6.08 Å². The number of hydrogen-bond donors (Lipinski definition) is 1. The van der Waals surface area contributed by atoms with Crippen LogP contribution in [0.4, 0.5) is 4.39 Å². The summed E-state index contributed by atoms with van der Waals surface area (Å²) in [6, 6.07) is 1.01. The van der Waals surface area contributed by atoms with E-state index in [1.807, 2.05) is 0 Å². The standard InChI is InChI=1S/C8H9FN2/c1-2-8(10)6-3-7(9)5-11-4-6/h2-5,8H,1,10H2/t8-/m1/s1. The highest BCUT2D eigenvalue weighted by atomic mass is 19.1. The van der Waals surface area contributed by atoms with Gasteiger partial charge in [0.2, 0.25) is 0 Å². The molecule has 1 atom stereocenters. The topological polar surface area (TPSA) is 38.9 Å². The highest BCUT2D eigenvalue weighted by molar-refractivity contribution is 5.18. The van der Waals surface area contributed by atoms with Crippen LogP contribution in [0.3, 0.4) is 0 Å². The van der Waals surface area contributed by atoms with Crippen LogP contribution >= 0.6 is 0 Å². The lowest BCUT2D eigenvalue weighted by molar-refractivity contribution is 0.617. The molecule has 1 aromatic rings. The molecule has 0 saturated heterocycles. The van der Waals surface area contributed by atoms with E-state index in [4.69, 9.17) is 5.73 Å². The summed E-state index contributed by atoms with van der Waals surface area (Å²) in [6.45, 7) is 3.49. The average Bonchev–Trinajstić information content (AvgIpc) is 2.03. The molecular weight excluding hydrogens is 143 g/mol. The van der Waals surface area contributed by atoms with Crippen LogP contribution in [0.1, 0.15) is 11.6 Å². The van der Waals surface area contributed by atoms with Crippen LogP contribution < -0.4 is 5.73 Å². The minimum Gasteiger partial charge on any atom is -0.321 e. The number of nitrogens with two attached hydrogens (primary N) is 1. The molecule has 0 aromatic carbocycles. The molecule has 0 saturated carbocycles. The lowest BCUT2D eigenvalue weighted by Gasteiger charge is -2.04. The Labute approximate surface area is 64.6 Å². The molecule has 0 amide bonds. The highest BCUT2D eigenvalue weighted by Crippen LogP contribution is 2.09. The van der Waals surface area contributed by atoms with Crippen LogP contribution in [-0.4, -0.2) is 4.98 Å². The summed E-state index contributed by atoms with van der Waals surface area (Å²) < 4.78 is 12.5. The Morgan fingerprint density at radius 3 is 2.91 bits per heavy atom. The SMILES string of the molecule is C=C[C@@H](N)c1cncc(F)c1. The molecule has 1 heterocycles. The molecule has 0 unspecified atom stereocenters. The number of nitrogens with zero attached hydrogens (tertiary/aromatic N) is 1. The van der Waals surface area contributed by atoms with Gasteiger partial charge in [0.25, 0.3) is 0 Å². The molecule has 0 aliphatic rings. The maximum Gasteiger partial charge on any atom is 0.141 e. The first-order chi connectivity index (χ1) is 5.24. The van der Waals surface area contributed by atoms with Gasteiger partial charge in [-0.2, -0.15) is 0 Å². The lowest BCUT2D eigenvalue weighted by atomic mass is 10.1. The van der Waals surface area contributed by atoms with Crippen molar-refractivity contribution < 1.29 is 4.39 Å². The molecule has 3 heteroatoms. The van der Waals surface area contributed by atoms with Gasteiger partial charge >= 0.3 is 0 Å². The van der Waals surface area contributed by atoms with Crippen molar-refractivity contribution in [2.24, 2.45) is 5.73 Å². The zero-order chi connectivity index (χ0) is 8.27. The molecule has 0 aliphatic carbocycles. The predicted octanol–water partition coefficient (Wildman–Crippen LogP) is 1.41. The zero-order valence-corrected chi connectivity index (χ0v) is 6.00. The van der Waals surface area contributed by atoms with E-state index in [2.05, 4.69) is 11.6 Å². The third kappa shape index (κ3) is 1.85. The third-order valence-electron chi connectivity index (χ3n) is 1.36. The van der Waals surface area contributed by atoms with Gasteiger partial charge < -0.3 is 5.73 Å². The van der Waals surface area contributed by atoms with Crippen LogP contribution in [0.15, 0.2) is 31.1 Å². The van der Waals surface area contributed by atoms with Crippen LogP contribution in [-0.2, 0) is 0 Å². The lowest BCUT2D eigenvalue weighted by Crippen LogP contribution is -2.06.